The molecule has 0 aliphatic rings. The predicted octanol–water partition coefficient (Wildman–Crippen LogP) is -1.41. The molecule has 1 aromatic rings. The van der Waals surface area contributed by atoms with Crippen molar-refractivity contribution < 1.29 is 24.4 Å². The lowest BCUT2D eigenvalue weighted by atomic mass is 10.2. The van der Waals surface area contributed by atoms with Crippen molar-refractivity contribution in [1.82, 2.24) is 9.88 Å². The molecule has 0 radical (unpaired) electrons. The number of nitrogens with zero attached hydrogens (tertiary/aromatic N) is 2. The van der Waals surface area contributed by atoms with Crippen LogP contribution in [-0.2, 0) is 20.9 Å². The smallest absolute Gasteiger partial charge is 0.326 e. The van der Waals surface area contributed by atoms with Gasteiger partial charge in [-0.05, 0) is 0 Å². The number of primary amides is 1. The maximum absolute atomic E-state index is 11.7. The first-order valence-electron chi connectivity index (χ1n) is 6.36. The van der Waals surface area contributed by atoms with Crippen LogP contribution in [0.2, 0.25) is 0 Å². The zero-order valence-corrected chi connectivity index (χ0v) is 11.8. The number of carbonyl (C=O) groups excluding carboxylic acids is 2. The number of aryl methyl sites for hydroxylation is 1. The van der Waals surface area contributed by atoms with Crippen LogP contribution < -0.4 is 16.6 Å². The number of nitrogens with one attached hydrogen (secondary N) is 1. The molecule has 0 bridgehead atoms. The standard InChI is InChI=1S/C12H14N4O7/c13-9(17)5-8(12(20)21)14-10(18)3-4-15-6-7(16(22)23)1-2-11(15)19/h1-2,6,8H,3-5H2,(H2,13,17)(H,14,18)(H,20,21). The lowest BCUT2D eigenvalue weighted by Crippen LogP contribution is -2.43. The van der Waals surface area contributed by atoms with Crippen LogP contribution in [0.3, 0.4) is 0 Å². The number of hydrogen-bond donors (Lipinski definition) is 3. The SMILES string of the molecule is NC(=O)CC(NC(=O)CCn1cc([N+](=O)[O-])ccc1=O)C(=O)O. The van der Waals surface area contributed by atoms with E-state index >= 15 is 0 Å². The second-order valence-electron chi connectivity index (χ2n) is 4.55. The highest BCUT2D eigenvalue weighted by Gasteiger charge is 2.22. The van der Waals surface area contributed by atoms with Gasteiger partial charge in [0.25, 0.3) is 11.2 Å². The first kappa shape index (κ1) is 17.8. The van der Waals surface area contributed by atoms with E-state index in [-0.39, 0.29) is 18.7 Å². The third kappa shape index (κ3) is 5.57. The van der Waals surface area contributed by atoms with Gasteiger partial charge in [-0.2, -0.15) is 0 Å². The number of aromatic nitrogens is 1. The molecule has 11 nitrogen and oxygen atoms in total. The zero-order chi connectivity index (χ0) is 17.6. The number of carboxylic acids is 1. The highest BCUT2D eigenvalue weighted by Crippen LogP contribution is 2.06. The third-order valence-electron chi connectivity index (χ3n) is 2.80. The van der Waals surface area contributed by atoms with Crippen molar-refractivity contribution in [3.63, 3.8) is 0 Å². The summed E-state index contributed by atoms with van der Waals surface area (Å²) in [6, 6.07) is 0.553. The van der Waals surface area contributed by atoms with E-state index in [2.05, 4.69) is 5.32 Å². The van der Waals surface area contributed by atoms with Crippen LogP contribution in [0.25, 0.3) is 0 Å². The Bertz CT molecular complexity index is 697. The van der Waals surface area contributed by atoms with E-state index in [1.54, 1.807) is 0 Å². The monoisotopic (exact) mass is 326 g/mol. The minimum absolute atomic E-state index is 0.185. The predicted molar refractivity (Wildman–Crippen MR) is 75.4 cm³/mol. The lowest BCUT2D eigenvalue weighted by molar-refractivity contribution is -0.385. The fourth-order valence-corrected chi connectivity index (χ4v) is 1.69. The van der Waals surface area contributed by atoms with Crippen LogP contribution in [0.4, 0.5) is 5.69 Å². The van der Waals surface area contributed by atoms with E-state index in [9.17, 15) is 29.3 Å². The summed E-state index contributed by atoms with van der Waals surface area (Å²) in [4.78, 5) is 54.7. The number of rotatable bonds is 8. The van der Waals surface area contributed by atoms with Crippen molar-refractivity contribution in [2.75, 3.05) is 0 Å². The van der Waals surface area contributed by atoms with E-state index in [0.29, 0.717) is 0 Å². The van der Waals surface area contributed by atoms with E-state index in [4.69, 9.17) is 10.8 Å². The molecular formula is C12H14N4O7. The Morgan fingerprint density at radius 1 is 1.39 bits per heavy atom. The Morgan fingerprint density at radius 3 is 2.57 bits per heavy atom. The molecule has 0 aliphatic carbocycles. The van der Waals surface area contributed by atoms with Crippen molar-refractivity contribution in [3.8, 4) is 0 Å². The summed E-state index contributed by atoms with van der Waals surface area (Å²) >= 11 is 0. The number of aliphatic carboxylic acids is 1. The summed E-state index contributed by atoms with van der Waals surface area (Å²) < 4.78 is 0.960. The molecule has 1 unspecified atom stereocenters. The summed E-state index contributed by atoms with van der Waals surface area (Å²) in [6.45, 7) is -0.185. The van der Waals surface area contributed by atoms with E-state index < -0.39 is 40.7 Å². The fourth-order valence-electron chi connectivity index (χ4n) is 1.69. The number of hydrogen-bond acceptors (Lipinski definition) is 6. The molecule has 0 fully saturated rings. The Kier molecular flexibility index (Phi) is 5.95. The van der Waals surface area contributed by atoms with Gasteiger partial charge in [-0.15, -0.1) is 0 Å². The van der Waals surface area contributed by atoms with Gasteiger partial charge in [-0.3, -0.25) is 24.5 Å². The normalized spacial score (nSPS) is 11.5. The molecule has 0 spiro atoms. The third-order valence-corrected chi connectivity index (χ3v) is 2.80. The van der Waals surface area contributed by atoms with E-state index in [1.807, 2.05) is 0 Å². The summed E-state index contributed by atoms with van der Waals surface area (Å²) in [5.74, 6) is -3.06. The number of nitro groups is 1. The molecule has 23 heavy (non-hydrogen) atoms. The van der Waals surface area contributed by atoms with Crippen LogP contribution >= 0.6 is 0 Å². The van der Waals surface area contributed by atoms with Gasteiger partial charge in [-0.25, -0.2) is 4.79 Å². The van der Waals surface area contributed by atoms with Gasteiger partial charge in [-0.1, -0.05) is 0 Å². The first-order valence-corrected chi connectivity index (χ1v) is 6.36. The highest BCUT2D eigenvalue weighted by atomic mass is 16.6. The van der Waals surface area contributed by atoms with Crippen LogP contribution in [0.1, 0.15) is 12.8 Å². The second-order valence-corrected chi connectivity index (χ2v) is 4.55. The summed E-state index contributed by atoms with van der Waals surface area (Å²) in [5, 5.41) is 21.6. The first-order chi connectivity index (χ1) is 10.7. The van der Waals surface area contributed by atoms with Gasteiger partial charge in [0.15, 0.2) is 0 Å². The Labute approximate surface area is 128 Å². The van der Waals surface area contributed by atoms with Crippen molar-refractivity contribution in [2.45, 2.75) is 25.4 Å². The molecule has 1 heterocycles. The summed E-state index contributed by atoms with van der Waals surface area (Å²) in [5.41, 5.74) is 4.01. The molecule has 0 saturated heterocycles. The van der Waals surface area contributed by atoms with Crippen LogP contribution in [0, 0.1) is 10.1 Å². The molecule has 1 atom stereocenters. The lowest BCUT2D eigenvalue weighted by Gasteiger charge is -2.13. The maximum Gasteiger partial charge on any atom is 0.326 e. The minimum Gasteiger partial charge on any atom is -0.480 e. The van der Waals surface area contributed by atoms with E-state index in [0.717, 1.165) is 22.9 Å². The second kappa shape index (κ2) is 7.68. The molecule has 1 aromatic heterocycles. The molecular weight excluding hydrogens is 312 g/mol. The molecule has 4 N–H and O–H groups in total. The van der Waals surface area contributed by atoms with Crippen molar-refractivity contribution >= 4 is 23.5 Å². The summed E-state index contributed by atoms with van der Waals surface area (Å²) in [7, 11) is 0. The van der Waals surface area contributed by atoms with Gasteiger partial charge < -0.3 is 20.7 Å². The molecule has 0 aromatic carbocycles. The number of pyridine rings is 1. The average Bonchev–Trinajstić information content (AvgIpc) is 2.44. The van der Waals surface area contributed by atoms with Crippen molar-refractivity contribution in [1.29, 1.82) is 0 Å². The molecule has 0 saturated carbocycles. The maximum atomic E-state index is 11.7. The van der Waals surface area contributed by atoms with Gasteiger partial charge in [0, 0.05) is 25.1 Å². The van der Waals surface area contributed by atoms with Crippen molar-refractivity contribution in [2.24, 2.45) is 5.73 Å². The quantitative estimate of drug-likeness (QED) is 0.388. The van der Waals surface area contributed by atoms with Crippen LogP contribution in [-0.4, -0.2) is 38.4 Å². The average molecular weight is 326 g/mol. The number of nitrogens with two attached hydrogens (primary N) is 1. The minimum atomic E-state index is -1.47. The van der Waals surface area contributed by atoms with Crippen LogP contribution in [0.15, 0.2) is 23.1 Å². The Hall–Kier alpha value is -3.24. The molecule has 1 rings (SSSR count). The highest BCUT2D eigenvalue weighted by molar-refractivity contribution is 5.88. The number of amides is 2. The fraction of sp³-hybridized carbons (Fsp3) is 0.333. The number of carbonyl (C=O) groups is 3. The molecule has 124 valence electrons. The Morgan fingerprint density at radius 2 is 2.04 bits per heavy atom. The van der Waals surface area contributed by atoms with Gasteiger partial charge in [0.05, 0.1) is 17.5 Å². The van der Waals surface area contributed by atoms with Gasteiger partial charge in [0.1, 0.15) is 6.04 Å². The molecule has 2 amide bonds. The summed E-state index contributed by atoms with van der Waals surface area (Å²) in [6.07, 6.45) is 0.106. The largest absolute Gasteiger partial charge is 0.480 e. The molecule has 11 heteroatoms. The van der Waals surface area contributed by atoms with Crippen molar-refractivity contribution in [3.05, 3.63) is 38.8 Å². The molecule has 0 aliphatic heterocycles. The zero-order valence-electron chi connectivity index (χ0n) is 11.8. The van der Waals surface area contributed by atoms with Gasteiger partial charge >= 0.3 is 5.97 Å². The number of carboxylic acid groups (broad SMARTS) is 1. The van der Waals surface area contributed by atoms with E-state index in [1.165, 1.54) is 0 Å². The Balaban J connectivity index is 2.70. The van der Waals surface area contributed by atoms with Gasteiger partial charge in [0.2, 0.25) is 11.8 Å². The van der Waals surface area contributed by atoms with Crippen LogP contribution in [0.5, 0.6) is 0 Å². The topological polar surface area (TPSA) is 175 Å².